The Morgan fingerprint density at radius 2 is 2.12 bits per heavy atom. The van der Waals surface area contributed by atoms with Crippen molar-refractivity contribution >= 4 is 16.9 Å². The van der Waals surface area contributed by atoms with Gasteiger partial charge in [0.15, 0.2) is 5.69 Å². The smallest absolute Gasteiger partial charge is 0.280 e. The number of H-pyrrole nitrogens is 1. The zero-order valence-corrected chi connectivity index (χ0v) is 14.1. The molecule has 1 amide bonds. The van der Waals surface area contributed by atoms with Crippen molar-refractivity contribution in [1.82, 2.24) is 20.2 Å². The lowest BCUT2D eigenvalue weighted by Crippen LogP contribution is -2.45. The van der Waals surface area contributed by atoms with Gasteiger partial charge in [-0.05, 0) is 26.0 Å². The van der Waals surface area contributed by atoms with E-state index >= 15 is 0 Å². The molecule has 2 heterocycles. The maximum Gasteiger partial charge on any atom is 0.280 e. The Hall–Kier alpha value is -2.25. The van der Waals surface area contributed by atoms with Gasteiger partial charge in [0.1, 0.15) is 0 Å². The molecule has 0 unspecified atom stereocenters. The number of aromatic nitrogens is 2. The largest absolute Gasteiger partial charge is 0.378 e. The highest BCUT2D eigenvalue weighted by atomic mass is 16.5. The maximum absolute atomic E-state index is 12.5. The van der Waals surface area contributed by atoms with Crippen LogP contribution in [0.15, 0.2) is 29.1 Å². The van der Waals surface area contributed by atoms with Crippen molar-refractivity contribution in [3.63, 3.8) is 0 Å². The molecule has 2 aromatic rings. The number of nitrogens with zero attached hydrogens (tertiary/aromatic N) is 2. The second kappa shape index (κ2) is 6.70. The number of para-hydroxylation sites is 2. The quantitative estimate of drug-likeness (QED) is 0.864. The molecule has 1 aliphatic heterocycles. The molecule has 1 saturated heterocycles. The lowest BCUT2D eigenvalue weighted by atomic mass is 10.2. The summed E-state index contributed by atoms with van der Waals surface area (Å²) in [4.78, 5) is 33.8. The Balaban J connectivity index is 1.82. The van der Waals surface area contributed by atoms with E-state index in [9.17, 15) is 9.59 Å². The van der Waals surface area contributed by atoms with Crippen LogP contribution in [0.4, 0.5) is 0 Å². The van der Waals surface area contributed by atoms with Gasteiger partial charge in [-0.2, -0.15) is 0 Å². The Labute approximate surface area is 140 Å². The van der Waals surface area contributed by atoms with E-state index in [1.54, 1.807) is 19.2 Å². The molecule has 0 radical (unpaired) electrons. The number of carbonyl (C=O) groups is 1. The third kappa shape index (κ3) is 3.18. The van der Waals surface area contributed by atoms with Crippen molar-refractivity contribution in [2.75, 3.05) is 20.2 Å². The third-order valence-corrected chi connectivity index (χ3v) is 4.46. The molecule has 1 fully saturated rings. The number of likely N-dealkylation sites (tertiary alicyclic amines) is 1. The van der Waals surface area contributed by atoms with Gasteiger partial charge in [-0.15, -0.1) is 0 Å². The van der Waals surface area contributed by atoms with Crippen LogP contribution in [0.1, 0.15) is 24.3 Å². The van der Waals surface area contributed by atoms with Crippen LogP contribution in [0.5, 0.6) is 0 Å². The monoisotopic (exact) mass is 330 g/mol. The number of fused-ring (bicyclic) bond motifs is 1. The van der Waals surface area contributed by atoms with Crippen LogP contribution in [-0.2, 0) is 4.74 Å². The normalized spacial score (nSPS) is 21.5. The van der Waals surface area contributed by atoms with Gasteiger partial charge in [0, 0.05) is 26.2 Å². The fraction of sp³-hybridized carbons (Fsp3) is 0.471. The van der Waals surface area contributed by atoms with Gasteiger partial charge in [-0.25, -0.2) is 4.98 Å². The van der Waals surface area contributed by atoms with Crippen LogP contribution in [0.2, 0.25) is 0 Å². The lowest BCUT2D eigenvalue weighted by Gasteiger charge is -2.19. The summed E-state index contributed by atoms with van der Waals surface area (Å²) in [5.74, 6) is -0.473. The number of hydrogen-bond donors (Lipinski definition) is 2. The van der Waals surface area contributed by atoms with Gasteiger partial charge in [0.05, 0.1) is 23.2 Å². The zero-order chi connectivity index (χ0) is 17.3. The second-order valence-corrected chi connectivity index (χ2v) is 6.33. The minimum absolute atomic E-state index is 0.101. The average molecular weight is 330 g/mol. The highest BCUT2D eigenvalue weighted by Gasteiger charge is 2.35. The third-order valence-electron chi connectivity index (χ3n) is 4.46. The summed E-state index contributed by atoms with van der Waals surface area (Å²) in [5, 5.41) is 2.90. The molecule has 0 saturated carbocycles. The molecule has 128 valence electrons. The first kappa shape index (κ1) is 16.6. The molecule has 3 rings (SSSR count). The van der Waals surface area contributed by atoms with Gasteiger partial charge in [0.25, 0.3) is 11.5 Å². The summed E-state index contributed by atoms with van der Waals surface area (Å²) in [6.45, 7) is 5.65. The van der Waals surface area contributed by atoms with Crippen LogP contribution < -0.4 is 10.9 Å². The zero-order valence-electron chi connectivity index (χ0n) is 14.1. The fourth-order valence-electron chi connectivity index (χ4n) is 3.02. The summed E-state index contributed by atoms with van der Waals surface area (Å²) in [6.07, 6.45) is -0.101. The first-order chi connectivity index (χ1) is 11.5. The molecular weight excluding hydrogens is 308 g/mol. The Morgan fingerprint density at radius 1 is 1.38 bits per heavy atom. The van der Waals surface area contributed by atoms with E-state index in [1.807, 2.05) is 12.1 Å². The summed E-state index contributed by atoms with van der Waals surface area (Å²) < 4.78 is 5.48. The van der Waals surface area contributed by atoms with Crippen LogP contribution >= 0.6 is 0 Å². The molecule has 1 aliphatic rings. The van der Waals surface area contributed by atoms with Crippen LogP contribution in [0.25, 0.3) is 11.0 Å². The van der Waals surface area contributed by atoms with Crippen LogP contribution in [0, 0.1) is 0 Å². The van der Waals surface area contributed by atoms with E-state index in [-0.39, 0.29) is 17.8 Å². The first-order valence-corrected chi connectivity index (χ1v) is 8.06. The average Bonchev–Trinajstić information content (AvgIpc) is 2.97. The van der Waals surface area contributed by atoms with Crippen molar-refractivity contribution < 1.29 is 9.53 Å². The number of aromatic amines is 1. The lowest BCUT2D eigenvalue weighted by molar-refractivity contribution is 0.0749. The van der Waals surface area contributed by atoms with Crippen molar-refractivity contribution in [3.8, 4) is 0 Å². The molecule has 2 N–H and O–H groups in total. The minimum atomic E-state index is -0.487. The Morgan fingerprint density at radius 3 is 2.83 bits per heavy atom. The summed E-state index contributed by atoms with van der Waals surface area (Å²) in [6, 6.07) is 7.33. The second-order valence-electron chi connectivity index (χ2n) is 6.33. The fourth-order valence-corrected chi connectivity index (χ4v) is 3.02. The van der Waals surface area contributed by atoms with E-state index in [0.29, 0.717) is 23.6 Å². The number of ether oxygens (including phenoxy) is 1. The van der Waals surface area contributed by atoms with E-state index in [4.69, 9.17) is 4.74 Å². The van der Waals surface area contributed by atoms with E-state index in [0.717, 1.165) is 6.54 Å². The van der Waals surface area contributed by atoms with Crippen LogP contribution in [-0.4, -0.2) is 59.2 Å². The number of amides is 1. The highest BCUT2D eigenvalue weighted by molar-refractivity contribution is 5.93. The van der Waals surface area contributed by atoms with Crippen molar-refractivity contribution in [1.29, 1.82) is 0 Å². The molecule has 2 atom stereocenters. The van der Waals surface area contributed by atoms with Crippen LogP contribution in [0.3, 0.4) is 0 Å². The molecule has 1 aromatic carbocycles. The number of nitrogens with one attached hydrogen (secondary N) is 2. The number of hydrogen-bond acceptors (Lipinski definition) is 5. The van der Waals surface area contributed by atoms with Crippen molar-refractivity contribution in [2.45, 2.75) is 32.0 Å². The van der Waals surface area contributed by atoms with Gasteiger partial charge in [-0.1, -0.05) is 12.1 Å². The standard InChI is InChI=1S/C17H22N4O3/c1-10(2)21-8-13(14(9-21)24-3)20-17(23)15-16(22)19-12-7-5-4-6-11(12)18-15/h4-7,10,13-14H,8-9H2,1-3H3,(H,19,22)(H,20,23)/t13-,14-/m1/s1. The van der Waals surface area contributed by atoms with Gasteiger partial charge in [0.2, 0.25) is 0 Å². The predicted molar refractivity (Wildman–Crippen MR) is 91.1 cm³/mol. The number of carbonyl (C=O) groups excluding carboxylic acids is 1. The number of methoxy groups -OCH3 is 1. The molecule has 24 heavy (non-hydrogen) atoms. The summed E-state index contributed by atoms with van der Waals surface area (Å²) in [7, 11) is 1.63. The molecular formula is C17H22N4O3. The van der Waals surface area contributed by atoms with Crippen molar-refractivity contribution in [2.24, 2.45) is 0 Å². The van der Waals surface area contributed by atoms with Gasteiger partial charge >= 0.3 is 0 Å². The molecule has 7 heteroatoms. The highest BCUT2D eigenvalue weighted by Crippen LogP contribution is 2.16. The molecule has 0 spiro atoms. The molecule has 0 aliphatic carbocycles. The van der Waals surface area contributed by atoms with E-state index in [1.165, 1.54) is 0 Å². The Bertz CT molecular complexity index is 802. The predicted octanol–water partition coefficient (Wildman–Crippen LogP) is 0.760. The Kier molecular flexibility index (Phi) is 4.64. The van der Waals surface area contributed by atoms with E-state index < -0.39 is 11.5 Å². The number of benzene rings is 1. The molecule has 1 aromatic heterocycles. The van der Waals surface area contributed by atoms with E-state index in [2.05, 4.69) is 34.0 Å². The minimum Gasteiger partial charge on any atom is -0.378 e. The molecule has 7 nitrogen and oxygen atoms in total. The summed E-state index contributed by atoms with van der Waals surface area (Å²) >= 11 is 0. The SMILES string of the molecule is CO[C@@H]1CN(C(C)C)C[C@H]1NC(=O)c1nc2ccccc2[nH]c1=O. The van der Waals surface area contributed by atoms with Crippen molar-refractivity contribution in [3.05, 3.63) is 40.3 Å². The maximum atomic E-state index is 12.5. The molecule has 0 bridgehead atoms. The first-order valence-electron chi connectivity index (χ1n) is 8.06. The number of rotatable bonds is 4. The van der Waals surface area contributed by atoms with Gasteiger partial charge in [-0.3, -0.25) is 14.5 Å². The van der Waals surface area contributed by atoms with Gasteiger partial charge < -0.3 is 15.0 Å². The topological polar surface area (TPSA) is 87.3 Å². The summed E-state index contributed by atoms with van der Waals surface area (Å²) in [5.41, 5.74) is 0.590.